The van der Waals surface area contributed by atoms with Crippen LogP contribution in [0.5, 0.6) is 0 Å². The molecule has 9 heteroatoms. The summed E-state index contributed by atoms with van der Waals surface area (Å²) in [5.41, 5.74) is 0.527. The van der Waals surface area contributed by atoms with Gasteiger partial charge in [-0.3, -0.25) is 9.52 Å². The van der Waals surface area contributed by atoms with Crippen LogP contribution < -0.4 is 10.0 Å². The van der Waals surface area contributed by atoms with Crippen molar-refractivity contribution in [2.24, 2.45) is 0 Å². The van der Waals surface area contributed by atoms with Gasteiger partial charge in [-0.25, -0.2) is 13.4 Å². The van der Waals surface area contributed by atoms with Crippen molar-refractivity contribution in [1.82, 2.24) is 4.98 Å². The number of nitrogens with one attached hydrogen (secondary N) is 2. The number of ether oxygens (including phenoxy) is 1. The Labute approximate surface area is 137 Å². The second-order valence-electron chi connectivity index (χ2n) is 4.96. The first-order valence-electron chi connectivity index (χ1n) is 6.99. The molecule has 1 saturated heterocycles. The predicted octanol–water partition coefficient (Wildman–Crippen LogP) is 2.06. The van der Waals surface area contributed by atoms with Gasteiger partial charge in [0.2, 0.25) is 0 Å². The first-order chi connectivity index (χ1) is 11.0. The molecule has 7 nitrogen and oxygen atoms in total. The van der Waals surface area contributed by atoms with E-state index in [1.54, 1.807) is 17.5 Å². The molecule has 1 amide bonds. The second kappa shape index (κ2) is 6.65. The molecule has 0 bridgehead atoms. The maximum absolute atomic E-state index is 12.2. The number of hydrogen-bond acceptors (Lipinski definition) is 6. The summed E-state index contributed by atoms with van der Waals surface area (Å²) in [5, 5.41) is 4.71. The van der Waals surface area contributed by atoms with Crippen LogP contribution in [0.3, 0.4) is 0 Å². The topological polar surface area (TPSA) is 97.4 Å². The van der Waals surface area contributed by atoms with Gasteiger partial charge in [-0.2, -0.15) is 0 Å². The normalized spacial score (nSPS) is 17.8. The Morgan fingerprint density at radius 2 is 2.09 bits per heavy atom. The minimum Gasteiger partial charge on any atom is -0.368 e. The summed E-state index contributed by atoms with van der Waals surface area (Å²) >= 11 is 1.20. The van der Waals surface area contributed by atoms with Crippen LogP contribution in [0.25, 0.3) is 0 Å². The summed E-state index contributed by atoms with van der Waals surface area (Å²) in [6.45, 7) is 0.595. The molecule has 0 saturated carbocycles. The molecule has 0 unspecified atom stereocenters. The maximum Gasteiger partial charge on any atom is 0.263 e. The Bertz CT molecular complexity index is 767. The summed E-state index contributed by atoms with van der Waals surface area (Å²) in [6.07, 6.45) is 2.67. The standard InChI is InChI=1S/C14H15N3O4S2/c18-13(12-2-1-8-21-12)16-10-3-5-11(6-4-10)23(19,20)17-14-15-7-9-22-14/h3-7,9,12H,1-2,8H2,(H,15,17)(H,16,18)/t12-/m0/s1. The Morgan fingerprint density at radius 1 is 1.30 bits per heavy atom. The van der Waals surface area contributed by atoms with Gasteiger partial charge in [-0.1, -0.05) is 0 Å². The van der Waals surface area contributed by atoms with E-state index in [1.165, 1.54) is 29.7 Å². The van der Waals surface area contributed by atoms with Crippen LogP contribution in [0.4, 0.5) is 10.8 Å². The maximum atomic E-state index is 12.2. The molecule has 1 aliphatic heterocycles. The Balaban J connectivity index is 1.67. The van der Waals surface area contributed by atoms with E-state index >= 15 is 0 Å². The highest BCUT2D eigenvalue weighted by molar-refractivity contribution is 7.93. The van der Waals surface area contributed by atoms with Gasteiger partial charge < -0.3 is 10.1 Å². The van der Waals surface area contributed by atoms with Crippen LogP contribution in [-0.4, -0.2) is 32.0 Å². The van der Waals surface area contributed by atoms with E-state index in [2.05, 4.69) is 15.0 Å². The number of anilines is 2. The third kappa shape index (κ3) is 3.87. The zero-order valence-electron chi connectivity index (χ0n) is 12.1. The van der Waals surface area contributed by atoms with Gasteiger partial charge in [0, 0.05) is 23.9 Å². The van der Waals surface area contributed by atoms with Crippen molar-refractivity contribution in [1.29, 1.82) is 0 Å². The molecule has 1 aliphatic rings. The van der Waals surface area contributed by atoms with Gasteiger partial charge >= 0.3 is 0 Å². The molecule has 1 fully saturated rings. The van der Waals surface area contributed by atoms with Crippen molar-refractivity contribution in [3.63, 3.8) is 0 Å². The number of hydrogen-bond donors (Lipinski definition) is 2. The summed E-state index contributed by atoms with van der Waals surface area (Å²) in [5.74, 6) is -0.209. The molecule has 2 heterocycles. The monoisotopic (exact) mass is 353 g/mol. The number of carbonyl (C=O) groups excluding carboxylic acids is 1. The van der Waals surface area contributed by atoms with Crippen molar-refractivity contribution < 1.29 is 17.9 Å². The molecule has 122 valence electrons. The minimum absolute atomic E-state index is 0.0998. The first-order valence-corrected chi connectivity index (χ1v) is 9.36. The summed E-state index contributed by atoms with van der Waals surface area (Å²) in [7, 11) is -3.68. The van der Waals surface area contributed by atoms with Crippen molar-refractivity contribution in [2.45, 2.75) is 23.8 Å². The van der Waals surface area contributed by atoms with Crippen molar-refractivity contribution in [3.05, 3.63) is 35.8 Å². The fourth-order valence-corrected chi connectivity index (χ4v) is 3.96. The second-order valence-corrected chi connectivity index (χ2v) is 7.54. The number of aromatic nitrogens is 1. The number of amides is 1. The Hall–Kier alpha value is -1.97. The fourth-order valence-electron chi connectivity index (χ4n) is 2.17. The lowest BCUT2D eigenvalue weighted by Crippen LogP contribution is -2.26. The van der Waals surface area contributed by atoms with E-state index in [9.17, 15) is 13.2 Å². The molecule has 1 atom stereocenters. The first kappa shape index (κ1) is 15.9. The molecule has 0 spiro atoms. The SMILES string of the molecule is O=C(Nc1ccc(S(=O)(=O)Nc2nccs2)cc1)[C@@H]1CCCO1. The van der Waals surface area contributed by atoms with Crippen molar-refractivity contribution in [3.8, 4) is 0 Å². The lowest BCUT2D eigenvalue weighted by atomic mass is 10.2. The molecule has 2 aromatic rings. The van der Waals surface area contributed by atoms with E-state index in [-0.39, 0.29) is 10.8 Å². The smallest absolute Gasteiger partial charge is 0.263 e. The van der Waals surface area contributed by atoms with E-state index in [4.69, 9.17) is 4.74 Å². The lowest BCUT2D eigenvalue weighted by molar-refractivity contribution is -0.124. The highest BCUT2D eigenvalue weighted by Crippen LogP contribution is 2.20. The zero-order valence-corrected chi connectivity index (χ0v) is 13.7. The predicted molar refractivity (Wildman–Crippen MR) is 87.0 cm³/mol. The molecule has 1 aromatic heterocycles. The molecular formula is C14H15N3O4S2. The van der Waals surface area contributed by atoms with Gasteiger partial charge in [0.25, 0.3) is 15.9 Å². The third-order valence-electron chi connectivity index (χ3n) is 3.31. The molecule has 0 aliphatic carbocycles. The van der Waals surface area contributed by atoms with E-state index in [0.29, 0.717) is 23.8 Å². The van der Waals surface area contributed by atoms with Crippen LogP contribution in [0, 0.1) is 0 Å². The Kier molecular flexibility index (Phi) is 4.60. The number of nitrogens with zero attached hydrogens (tertiary/aromatic N) is 1. The van der Waals surface area contributed by atoms with E-state index < -0.39 is 16.1 Å². The molecule has 2 N–H and O–H groups in total. The minimum atomic E-state index is -3.68. The lowest BCUT2D eigenvalue weighted by Gasteiger charge is -2.11. The van der Waals surface area contributed by atoms with E-state index in [1.807, 2.05) is 0 Å². The highest BCUT2D eigenvalue weighted by atomic mass is 32.2. The number of thiazole rings is 1. The average Bonchev–Trinajstić information content (AvgIpc) is 3.20. The van der Waals surface area contributed by atoms with Gasteiger partial charge in [0.1, 0.15) is 6.10 Å². The van der Waals surface area contributed by atoms with Gasteiger partial charge in [-0.05, 0) is 37.1 Å². The average molecular weight is 353 g/mol. The van der Waals surface area contributed by atoms with Crippen LogP contribution >= 0.6 is 11.3 Å². The number of benzene rings is 1. The van der Waals surface area contributed by atoms with Gasteiger partial charge in [0.05, 0.1) is 4.90 Å². The number of rotatable bonds is 5. The Morgan fingerprint density at radius 3 is 2.70 bits per heavy atom. The highest BCUT2D eigenvalue weighted by Gasteiger charge is 2.23. The number of carbonyl (C=O) groups is 1. The van der Waals surface area contributed by atoms with E-state index in [0.717, 1.165) is 6.42 Å². The summed E-state index contributed by atoms with van der Waals surface area (Å²) < 4.78 is 32.1. The molecular weight excluding hydrogens is 338 g/mol. The van der Waals surface area contributed by atoms with Gasteiger partial charge in [0.15, 0.2) is 5.13 Å². The quantitative estimate of drug-likeness (QED) is 0.857. The largest absolute Gasteiger partial charge is 0.368 e. The number of sulfonamides is 1. The molecule has 0 radical (unpaired) electrons. The summed E-state index contributed by atoms with van der Waals surface area (Å²) in [6, 6.07) is 5.95. The molecule has 3 rings (SSSR count). The molecule has 23 heavy (non-hydrogen) atoms. The fraction of sp³-hybridized carbons (Fsp3) is 0.286. The van der Waals surface area contributed by atoms with Crippen LogP contribution in [0.2, 0.25) is 0 Å². The third-order valence-corrected chi connectivity index (χ3v) is 5.48. The molecule has 1 aromatic carbocycles. The van der Waals surface area contributed by atoms with Crippen LogP contribution in [0.15, 0.2) is 40.7 Å². The van der Waals surface area contributed by atoms with Gasteiger partial charge in [-0.15, -0.1) is 11.3 Å². The van der Waals surface area contributed by atoms with Crippen molar-refractivity contribution >= 4 is 38.1 Å². The van der Waals surface area contributed by atoms with Crippen LogP contribution in [-0.2, 0) is 19.6 Å². The van der Waals surface area contributed by atoms with Crippen molar-refractivity contribution in [2.75, 3.05) is 16.6 Å². The summed E-state index contributed by atoms with van der Waals surface area (Å²) in [4.78, 5) is 15.9. The zero-order chi connectivity index (χ0) is 16.3. The van der Waals surface area contributed by atoms with Crippen LogP contribution in [0.1, 0.15) is 12.8 Å².